The number of hydrogen-bond acceptors (Lipinski definition) is 3. The SMILES string of the molecule is CC1CC(NC2=CC(=O)CC2)CN1Cc1ccccc1. The highest BCUT2D eigenvalue weighted by Gasteiger charge is 2.29. The van der Waals surface area contributed by atoms with E-state index in [-0.39, 0.29) is 5.78 Å². The highest BCUT2D eigenvalue weighted by molar-refractivity contribution is 5.92. The number of nitrogens with one attached hydrogen (secondary N) is 1. The van der Waals surface area contributed by atoms with Crippen molar-refractivity contribution in [1.82, 2.24) is 10.2 Å². The van der Waals surface area contributed by atoms with Crippen LogP contribution in [0.15, 0.2) is 42.1 Å². The second-order valence-corrected chi connectivity index (χ2v) is 5.98. The van der Waals surface area contributed by atoms with Gasteiger partial charge in [0, 0.05) is 43.4 Å². The zero-order valence-corrected chi connectivity index (χ0v) is 12.0. The van der Waals surface area contributed by atoms with Gasteiger partial charge >= 0.3 is 0 Å². The third kappa shape index (κ3) is 3.10. The van der Waals surface area contributed by atoms with E-state index in [4.69, 9.17) is 0 Å². The maximum Gasteiger partial charge on any atom is 0.157 e. The van der Waals surface area contributed by atoms with Gasteiger partial charge in [-0.15, -0.1) is 0 Å². The van der Waals surface area contributed by atoms with Gasteiger partial charge in [-0.2, -0.15) is 0 Å². The Kier molecular flexibility index (Phi) is 3.88. The van der Waals surface area contributed by atoms with Gasteiger partial charge in [-0.1, -0.05) is 30.3 Å². The Balaban J connectivity index is 1.57. The predicted molar refractivity (Wildman–Crippen MR) is 80.2 cm³/mol. The summed E-state index contributed by atoms with van der Waals surface area (Å²) in [6.45, 7) is 4.36. The molecule has 3 rings (SSSR count). The number of likely N-dealkylation sites (tertiary alicyclic amines) is 1. The molecule has 0 radical (unpaired) electrons. The smallest absolute Gasteiger partial charge is 0.157 e. The highest BCUT2D eigenvalue weighted by Crippen LogP contribution is 2.22. The minimum absolute atomic E-state index is 0.264. The van der Waals surface area contributed by atoms with Crippen LogP contribution in [0.3, 0.4) is 0 Å². The zero-order chi connectivity index (χ0) is 13.9. The van der Waals surface area contributed by atoms with Crippen LogP contribution in [0, 0.1) is 0 Å². The fourth-order valence-corrected chi connectivity index (χ4v) is 3.21. The Morgan fingerprint density at radius 3 is 2.75 bits per heavy atom. The maximum absolute atomic E-state index is 11.3. The van der Waals surface area contributed by atoms with E-state index in [1.54, 1.807) is 6.08 Å². The van der Waals surface area contributed by atoms with Gasteiger partial charge in [-0.05, 0) is 25.3 Å². The lowest BCUT2D eigenvalue weighted by molar-refractivity contribution is -0.114. The van der Waals surface area contributed by atoms with Gasteiger partial charge in [-0.25, -0.2) is 0 Å². The maximum atomic E-state index is 11.3. The van der Waals surface area contributed by atoms with Crippen molar-refractivity contribution in [3.63, 3.8) is 0 Å². The van der Waals surface area contributed by atoms with Crippen LogP contribution in [-0.2, 0) is 11.3 Å². The lowest BCUT2D eigenvalue weighted by atomic mass is 10.2. The first-order valence-electron chi connectivity index (χ1n) is 7.48. The van der Waals surface area contributed by atoms with Crippen LogP contribution in [0.25, 0.3) is 0 Å². The molecule has 1 aliphatic carbocycles. The van der Waals surface area contributed by atoms with Crippen LogP contribution in [0.1, 0.15) is 31.7 Å². The first-order valence-corrected chi connectivity index (χ1v) is 7.48. The van der Waals surface area contributed by atoms with E-state index < -0.39 is 0 Å². The van der Waals surface area contributed by atoms with Crippen molar-refractivity contribution < 1.29 is 4.79 Å². The second-order valence-electron chi connectivity index (χ2n) is 5.98. The van der Waals surface area contributed by atoms with Crippen LogP contribution >= 0.6 is 0 Å². The van der Waals surface area contributed by atoms with E-state index in [9.17, 15) is 4.79 Å². The van der Waals surface area contributed by atoms with Gasteiger partial charge in [0.15, 0.2) is 5.78 Å². The van der Waals surface area contributed by atoms with Gasteiger partial charge < -0.3 is 5.32 Å². The topological polar surface area (TPSA) is 32.3 Å². The Morgan fingerprint density at radius 2 is 2.05 bits per heavy atom. The molecular weight excluding hydrogens is 248 g/mol. The van der Waals surface area contributed by atoms with E-state index in [1.165, 1.54) is 5.56 Å². The van der Waals surface area contributed by atoms with Crippen molar-refractivity contribution in [2.45, 2.75) is 44.8 Å². The largest absolute Gasteiger partial charge is 0.384 e. The van der Waals surface area contributed by atoms with E-state index in [1.807, 2.05) is 0 Å². The molecule has 0 amide bonds. The molecule has 1 aromatic carbocycles. The van der Waals surface area contributed by atoms with Crippen LogP contribution in [-0.4, -0.2) is 29.3 Å². The van der Waals surface area contributed by atoms with Crippen LogP contribution < -0.4 is 5.32 Å². The number of ketones is 1. The summed E-state index contributed by atoms with van der Waals surface area (Å²) in [5, 5.41) is 3.55. The molecule has 0 aromatic heterocycles. The zero-order valence-electron chi connectivity index (χ0n) is 12.0. The van der Waals surface area contributed by atoms with Crippen molar-refractivity contribution >= 4 is 5.78 Å². The molecule has 106 valence electrons. The Hall–Kier alpha value is -1.61. The summed E-state index contributed by atoms with van der Waals surface area (Å²) in [5.41, 5.74) is 2.50. The fourth-order valence-electron chi connectivity index (χ4n) is 3.21. The summed E-state index contributed by atoms with van der Waals surface area (Å²) in [6, 6.07) is 11.7. The normalized spacial score (nSPS) is 26.9. The molecule has 3 nitrogen and oxygen atoms in total. The fraction of sp³-hybridized carbons (Fsp3) is 0.471. The van der Waals surface area contributed by atoms with Gasteiger partial charge in [0.1, 0.15) is 0 Å². The number of benzene rings is 1. The van der Waals surface area contributed by atoms with Crippen molar-refractivity contribution in [2.75, 3.05) is 6.54 Å². The molecule has 2 unspecified atom stereocenters. The van der Waals surface area contributed by atoms with E-state index in [2.05, 4.69) is 47.5 Å². The Labute approximate surface area is 120 Å². The third-order valence-corrected chi connectivity index (χ3v) is 4.30. The first kappa shape index (κ1) is 13.4. The van der Waals surface area contributed by atoms with Crippen molar-refractivity contribution in [2.24, 2.45) is 0 Å². The average Bonchev–Trinajstić information content (AvgIpc) is 2.98. The number of carbonyl (C=O) groups is 1. The molecule has 0 saturated carbocycles. The minimum Gasteiger partial charge on any atom is -0.384 e. The van der Waals surface area contributed by atoms with E-state index in [0.717, 1.165) is 31.6 Å². The molecule has 1 fully saturated rings. The average molecular weight is 270 g/mol. The summed E-state index contributed by atoms with van der Waals surface area (Å²) in [5.74, 6) is 0.264. The Morgan fingerprint density at radius 1 is 1.25 bits per heavy atom. The van der Waals surface area contributed by atoms with Crippen molar-refractivity contribution in [3.8, 4) is 0 Å². The van der Waals surface area contributed by atoms with Crippen molar-refractivity contribution in [3.05, 3.63) is 47.7 Å². The second kappa shape index (κ2) is 5.80. The molecule has 2 aliphatic rings. The molecule has 1 heterocycles. The van der Waals surface area contributed by atoms with Crippen LogP contribution in [0.2, 0.25) is 0 Å². The molecule has 0 bridgehead atoms. The number of allylic oxidation sites excluding steroid dienone is 2. The van der Waals surface area contributed by atoms with E-state index >= 15 is 0 Å². The lowest BCUT2D eigenvalue weighted by Crippen LogP contribution is -2.32. The standard InChI is InChI=1S/C17H22N2O/c1-13-9-16(18-15-7-8-17(20)10-15)12-19(13)11-14-5-3-2-4-6-14/h2-6,10,13,16,18H,7-9,11-12H2,1H3. The highest BCUT2D eigenvalue weighted by atomic mass is 16.1. The summed E-state index contributed by atoms with van der Waals surface area (Å²) in [4.78, 5) is 13.8. The quantitative estimate of drug-likeness (QED) is 0.912. The van der Waals surface area contributed by atoms with Gasteiger partial charge in [0.05, 0.1) is 0 Å². The molecule has 1 N–H and O–H groups in total. The molecule has 3 heteroatoms. The monoisotopic (exact) mass is 270 g/mol. The number of carbonyl (C=O) groups excluding carboxylic acids is 1. The number of rotatable bonds is 4. The first-order chi connectivity index (χ1) is 9.70. The molecule has 1 aliphatic heterocycles. The molecular formula is C17H22N2O. The predicted octanol–water partition coefficient (Wildman–Crippen LogP) is 2.49. The number of nitrogens with zero attached hydrogens (tertiary/aromatic N) is 1. The summed E-state index contributed by atoms with van der Waals surface area (Å²) >= 11 is 0. The lowest BCUT2D eigenvalue weighted by Gasteiger charge is -2.21. The van der Waals surface area contributed by atoms with Crippen molar-refractivity contribution in [1.29, 1.82) is 0 Å². The van der Waals surface area contributed by atoms with Crippen LogP contribution in [0.4, 0.5) is 0 Å². The Bertz CT molecular complexity index is 509. The van der Waals surface area contributed by atoms with E-state index in [0.29, 0.717) is 18.5 Å². The van der Waals surface area contributed by atoms with Gasteiger partial charge in [0.2, 0.25) is 0 Å². The third-order valence-electron chi connectivity index (χ3n) is 4.30. The van der Waals surface area contributed by atoms with Crippen LogP contribution in [0.5, 0.6) is 0 Å². The molecule has 1 saturated heterocycles. The minimum atomic E-state index is 0.264. The summed E-state index contributed by atoms with van der Waals surface area (Å²) < 4.78 is 0. The summed E-state index contributed by atoms with van der Waals surface area (Å²) in [7, 11) is 0. The van der Waals surface area contributed by atoms with Gasteiger partial charge in [0.25, 0.3) is 0 Å². The molecule has 1 aromatic rings. The molecule has 20 heavy (non-hydrogen) atoms. The summed E-state index contributed by atoms with van der Waals surface area (Å²) in [6.07, 6.45) is 4.50. The van der Waals surface area contributed by atoms with Gasteiger partial charge in [-0.3, -0.25) is 9.69 Å². The molecule has 2 atom stereocenters. The number of hydrogen-bond donors (Lipinski definition) is 1. The molecule has 0 spiro atoms.